The molecule has 0 aliphatic carbocycles. The molecule has 0 fully saturated rings. The first-order valence-electron chi connectivity index (χ1n) is 15.0. The molecule has 0 spiro atoms. The summed E-state index contributed by atoms with van der Waals surface area (Å²) >= 11 is 0. The first-order chi connectivity index (χ1) is 16.7. The minimum Gasteiger partial charge on any atom is -0.416 e. The number of hydrogen-bond donors (Lipinski definition) is 0. The molecule has 0 N–H and O–H groups in total. The summed E-state index contributed by atoms with van der Waals surface area (Å²) in [5, 5.41) is 2.90. The highest BCUT2D eigenvalue weighted by atomic mass is 28.2. The molecule has 1 rings (SSSR count). The Bertz CT molecular complexity index is 500. The van der Waals surface area contributed by atoms with Crippen LogP contribution in [0.1, 0.15) is 143 Å². The predicted octanol–water partition coefficient (Wildman–Crippen LogP) is 6.98. The van der Waals surface area contributed by atoms with Crippen LogP contribution in [-0.4, -0.2) is 31.7 Å². The van der Waals surface area contributed by atoms with Gasteiger partial charge in [0.2, 0.25) is 0 Å². The van der Waals surface area contributed by atoms with Crippen LogP contribution >= 0.6 is 0 Å². The highest BCUT2D eigenvalue weighted by Gasteiger charge is 2.11. The topological polar surface area (TPSA) is 18.5 Å². The fourth-order valence-electron chi connectivity index (χ4n) is 4.60. The maximum atomic E-state index is 6.51. The van der Waals surface area contributed by atoms with E-state index in [0.717, 1.165) is 0 Å². The molecule has 1 aromatic carbocycles. The van der Waals surface area contributed by atoms with Crippen molar-refractivity contribution in [1.82, 2.24) is 0 Å². The van der Waals surface area contributed by atoms with Crippen molar-refractivity contribution in [2.24, 2.45) is 0 Å². The van der Waals surface area contributed by atoms with Crippen LogP contribution in [-0.2, 0) is 8.85 Å². The first kappa shape index (κ1) is 31.6. The van der Waals surface area contributed by atoms with Gasteiger partial charge in [-0.05, 0) is 36.1 Å². The fraction of sp³-hybridized carbons (Fsp3) is 0.800. The molecule has 0 aliphatic rings. The number of benzene rings is 1. The maximum absolute atomic E-state index is 6.51. The molecule has 0 saturated heterocycles. The van der Waals surface area contributed by atoms with Crippen molar-refractivity contribution in [2.45, 2.75) is 155 Å². The Balaban J connectivity index is 2.41. The Kier molecular flexibility index (Phi) is 21.4. The predicted molar refractivity (Wildman–Crippen MR) is 158 cm³/mol. The molecule has 2 atom stereocenters. The Morgan fingerprint density at radius 2 is 0.794 bits per heavy atom. The molecular formula is C30H58O2Si2. The van der Waals surface area contributed by atoms with Crippen LogP contribution in [0.15, 0.2) is 24.3 Å². The van der Waals surface area contributed by atoms with Gasteiger partial charge in [0.15, 0.2) is 19.5 Å². The average Bonchev–Trinajstić information content (AvgIpc) is 2.86. The van der Waals surface area contributed by atoms with Crippen LogP contribution in [0.25, 0.3) is 0 Å². The van der Waals surface area contributed by atoms with Crippen molar-refractivity contribution in [3.8, 4) is 0 Å². The molecule has 0 saturated carbocycles. The molecule has 0 aliphatic heterocycles. The second-order valence-electron chi connectivity index (χ2n) is 10.4. The van der Waals surface area contributed by atoms with Crippen LogP contribution in [0, 0.1) is 0 Å². The maximum Gasteiger partial charge on any atom is 0.192 e. The lowest BCUT2D eigenvalue weighted by atomic mass is 10.0. The molecule has 0 bridgehead atoms. The van der Waals surface area contributed by atoms with Gasteiger partial charge in [-0.15, -0.1) is 0 Å². The third kappa shape index (κ3) is 17.1. The Morgan fingerprint density at radius 1 is 0.471 bits per heavy atom. The summed E-state index contributed by atoms with van der Waals surface area (Å²) < 4.78 is 13.0. The molecule has 4 heteroatoms. The summed E-state index contributed by atoms with van der Waals surface area (Å²) in [4.78, 5) is 0. The summed E-state index contributed by atoms with van der Waals surface area (Å²) in [6.07, 6.45) is 24.7. The Labute approximate surface area is 218 Å². The van der Waals surface area contributed by atoms with Crippen LogP contribution in [0.3, 0.4) is 0 Å². The average molecular weight is 507 g/mol. The van der Waals surface area contributed by atoms with Crippen molar-refractivity contribution in [3.63, 3.8) is 0 Å². The number of unbranched alkanes of at least 4 members (excludes halogenated alkanes) is 10. The summed E-state index contributed by atoms with van der Waals surface area (Å²) in [6, 6.07) is 9.34. The van der Waals surface area contributed by atoms with Gasteiger partial charge in [0.1, 0.15) is 0 Å². The van der Waals surface area contributed by atoms with Gasteiger partial charge in [-0.2, -0.15) is 0 Å². The zero-order chi connectivity index (χ0) is 24.7. The zero-order valence-electron chi connectivity index (χ0n) is 23.4. The van der Waals surface area contributed by atoms with E-state index in [1.165, 1.54) is 126 Å². The van der Waals surface area contributed by atoms with E-state index in [4.69, 9.17) is 8.85 Å². The van der Waals surface area contributed by atoms with Crippen LogP contribution in [0.5, 0.6) is 0 Å². The largest absolute Gasteiger partial charge is 0.416 e. The Morgan fingerprint density at radius 3 is 1.15 bits per heavy atom. The number of hydrogen-bond acceptors (Lipinski definition) is 2. The van der Waals surface area contributed by atoms with Crippen molar-refractivity contribution >= 4 is 29.9 Å². The molecule has 0 radical (unpaired) electrons. The van der Waals surface area contributed by atoms with E-state index in [0.29, 0.717) is 12.2 Å². The van der Waals surface area contributed by atoms with E-state index in [1.54, 1.807) is 0 Å². The lowest BCUT2D eigenvalue weighted by Gasteiger charge is -2.19. The molecule has 2 unspecified atom stereocenters. The van der Waals surface area contributed by atoms with Crippen molar-refractivity contribution < 1.29 is 8.85 Å². The smallest absolute Gasteiger partial charge is 0.192 e. The zero-order valence-corrected chi connectivity index (χ0v) is 26.3. The molecule has 0 aromatic heterocycles. The first-order valence-corrected chi connectivity index (χ1v) is 17.6. The van der Waals surface area contributed by atoms with Gasteiger partial charge in [0.25, 0.3) is 0 Å². The quantitative estimate of drug-likeness (QED) is 0.111. The standard InChI is InChI=1S/C30H58O2Si2/c1-5-9-13-15-17-21-27(19-11-7-3)31-33-29-23-25-30(26-24-29)34-32-28(20-12-8-4)22-18-16-14-10-6-2/h23-28H,5-22,33-34H2,1-4H3. The van der Waals surface area contributed by atoms with E-state index in [2.05, 4.69) is 52.0 Å². The molecule has 34 heavy (non-hydrogen) atoms. The van der Waals surface area contributed by atoms with Gasteiger partial charge in [-0.25, -0.2) is 0 Å². The van der Waals surface area contributed by atoms with Crippen LogP contribution < -0.4 is 10.4 Å². The van der Waals surface area contributed by atoms with E-state index >= 15 is 0 Å². The second-order valence-corrected chi connectivity index (χ2v) is 13.2. The lowest BCUT2D eigenvalue weighted by Crippen LogP contribution is -2.28. The lowest BCUT2D eigenvalue weighted by molar-refractivity contribution is 0.185. The molecular weight excluding hydrogens is 449 g/mol. The SMILES string of the molecule is CCCCCCCC(CCCC)O[SiH2]c1ccc([SiH2]OC(CCCC)CCCCCCC)cc1. The van der Waals surface area contributed by atoms with Crippen LogP contribution in [0.2, 0.25) is 0 Å². The molecule has 0 heterocycles. The summed E-state index contributed by atoms with van der Waals surface area (Å²) in [7, 11) is -1.26. The van der Waals surface area contributed by atoms with Crippen molar-refractivity contribution in [3.05, 3.63) is 24.3 Å². The highest BCUT2D eigenvalue weighted by molar-refractivity contribution is 6.49. The van der Waals surface area contributed by atoms with E-state index < -0.39 is 19.5 Å². The van der Waals surface area contributed by atoms with E-state index in [9.17, 15) is 0 Å². The normalized spacial score (nSPS) is 14.0. The second kappa shape index (κ2) is 23.0. The van der Waals surface area contributed by atoms with Gasteiger partial charge >= 0.3 is 0 Å². The molecule has 1 aromatic rings. The Hall–Kier alpha value is -0.426. The molecule has 198 valence electrons. The minimum absolute atomic E-state index is 0.488. The monoisotopic (exact) mass is 506 g/mol. The van der Waals surface area contributed by atoms with Gasteiger partial charge < -0.3 is 8.85 Å². The number of rotatable bonds is 24. The van der Waals surface area contributed by atoms with E-state index in [-0.39, 0.29) is 0 Å². The van der Waals surface area contributed by atoms with Crippen molar-refractivity contribution in [1.29, 1.82) is 0 Å². The molecule has 0 amide bonds. The minimum atomic E-state index is -0.632. The van der Waals surface area contributed by atoms with Gasteiger partial charge in [-0.1, -0.05) is 142 Å². The van der Waals surface area contributed by atoms with Gasteiger partial charge in [-0.3, -0.25) is 0 Å². The van der Waals surface area contributed by atoms with E-state index in [1.807, 2.05) is 0 Å². The summed E-state index contributed by atoms with van der Waals surface area (Å²) in [5.74, 6) is 0. The summed E-state index contributed by atoms with van der Waals surface area (Å²) in [6.45, 7) is 9.16. The van der Waals surface area contributed by atoms with Gasteiger partial charge in [0.05, 0.1) is 0 Å². The summed E-state index contributed by atoms with van der Waals surface area (Å²) in [5.41, 5.74) is 0. The molecule has 2 nitrogen and oxygen atoms in total. The fourth-order valence-corrected chi connectivity index (χ4v) is 6.98. The third-order valence-electron chi connectivity index (χ3n) is 7.01. The van der Waals surface area contributed by atoms with Crippen LogP contribution in [0.4, 0.5) is 0 Å². The van der Waals surface area contributed by atoms with Gasteiger partial charge in [0, 0.05) is 12.2 Å². The highest BCUT2D eigenvalue weighted by Crippen LogP contribution is 2.15. The third-order valence-corrected chi connectivity index (χ3v) is 9.90. The van der Waals surface area contributed by atoms with Crippen molar-refractivity contribution in [2.75, 3.05) is 0 Å².